The number of hydrogen-bond donors (Lipinski definition) is 0. The van der Waals surface area contributed by atoms with Crippen molar-refractivity contribution in [2.45, 2.75) is 6.42 Å². The summed E-state index contributed by atoms with van der Waals surface area (Å²) in [5, 5.41) is 0.861. The Labute approximate surface area is 109 Å². The van der Waals surface area contributed by atoms with E-state index in [1.165, 1.54) is 18.4 Å². The van der Waals surface area contributed by atoms with Crippen LogP contribution in [0, 0.1) is 0 Å². The van der Waals surface area contributed by atoms with Crippen molar-refractivity contribution in [3.63, 3.8) is 0 Å². The number of methoxy groups -OCH3 is 2. The van der Waals surface area contributed by atoms with Gasteiger partial charge in [-0.15, -0.1) is 11.3 Å². The van der Waals surface area contributed by atoms with Gasteiger partial charge in [0.1, 0.15) is 10.6 Å². The molecular weight excluding hydrogens is 250 g/mol. The van der Waals surface area contributed by atoms with Gasteiger partial charge in [0.15, 0.2) is 0 Å². The van der Waals surface area contributed by atoms with Crippen molar-refractivity contribution >= 4 is 17.3 Å². The number of ether oxygens (including phenoxy) is 2. The van der Waals surface area contributed by atoms with Crippen molar-refractivity contribution < 1.29 is 14.3 Å². The second-order valence-corrected chi connectivity index (χ2v) is 4.71. The van der Waals surface area contributed by atoms with E-state index in [4.69, 9.17) is 4.74 Å². The summed E-state index contributed by atoms with van der Waals surface area (Å²) in [6.45, 7) is 0. The molecule has 5 heteroatoms. The number of rotatable bonds is 4. The van der Waals surface area contributed by atoms with E-state index in [2.05, 4.69) is 9.72 Å². The number of hydrogen-bond acceptors (Lipinski definition) is 5. The van der Waals surface area contributed by atoms with Crippen LogP contribution in [0.5, 0.6) is 5.75 Å². The second-order valence-electron chi connectivity index (χ2n) is 3.60. The topological polar surface area (TPSA) is 48.4 Å². The molecule has 94 valence electrons. The Balaban J connectivity index is 2.19. The quantitative estimate of drug-likeness (QED) is 0.795. The van der Waals surface area contributed by atoms with Crippen LogP contribution >= 0.6 is 11.3 Å². The van der Waals surface area contributed by atoms with Crippen LogP contribution in [0.25, 0.3) is 0 Å². The van der Waals surface area contributed by atoms with Crippen LogP contribution in [0.1, 0.15) is 20.2 Å². The molecule has 0 N–H and O–H groups in total. The maximum atomic E-state index is 11.3. The summed E-state index contributed by atoms with van der Waals surface area (Å²) >= 11 is 1.34. The molecule has 1 heterocycles. The molecule has 1 aromatic carbocycles. The SMILES string of the molecule is COC(=O)c1cnc(Cc2ccccc2OC)s1. The first kappa shape index (κ1) is 12.6. The maximum absolute atomic E-state index is 11.3. The fraction of sp³-hybridized carbons (Fsp3) is 0.231. The number of thiazole rings is 1. The van der Waals surface area contributed by atoms with Gasteiger partial charge in [0.2, 0.25) is 0 Å². The van der Waals surface area contributed by atoms with Gasteiger partial charge in [-0.3, -0.25) is 0 Å². The third-order valence-corrected chi connectivity index (χ3v) is 3.45. The van der Waals surface area contributed by atoms with Crippen LogP contribution in [-0.4, -0.2) is 25.2 Å². The van der Waals surface area contributed by atoms with Gasteiger partial charge in [0.05, 0.1) is 25.4 Å². The highest BCUT2D eigenvalue weighted by atomic mass is 32.1. The molecular formula is C13H13NO3S. The first-order valence-electron chi connectivity index (χ1n) is 5.39. The van der Waals surface area contributed by atoms with Gasteiger partial charge in [-0.25, -0.2) is 9.78 Å². The predicted molar refractivity (Wildman–Crippen MR) is 69.3 cm³/mol. The minimum Gasteiger partial charge on any atom is -0.496 e. The van der Waals surface area contributed by atoms with Crippen LogP contribution in [-0.2, 0) is 11.2 Å². The lowest BCUT2D eigenvalue weighted by atomic mass is 10.1. The van der Waals surface area contributed by atoms with Gasteiger partial charge in [-0.05, 0) is 6.07 Å². The predicted octanol–water partition coefficient (Wildman–Crippen LogP) is 2.53. The standard InChI is InChI=1S/C13H13NO3S/c1-16-10-6-4-3-5-9(10)7-12-14-8-11(18-12)13(15)17-2/h3-6,8H,7H2,1-2H3. The second kappa shape index (κ2) is 5.64. The van der Waals surface area contributed by atoms with Crippen LogP contribution < -0.4 is 4.74 Å². The lowest BCUT2D eigenvalue weighted by Gasteiger charge is -2.05. The average Bonchev–Trinajstić information content (AvgIpc) is 2.87. The normalized spacial score (nSPS) is 10.1. The van der Waals surface area contributed by atoms with E-state index >= 15 is 0 Å². The highest BCUT2D eigenvalue weighted by molar-refractivity contribution is 7.13. The number of carbonyl (C=O) groups excluding carboxylic acids is 1. The molecule has 4 nitrogen and oxygen atoms in total. The van der Waals surface area contributed by atoms with E-state index in [1.54, 1.807) is 13.3 Å². The minimum atomic E-state index is -0.348. The van der Waals surface area contributed by atoms with Gasteiger partial charge in [-0.1, -0.05) is 18.2 Å². The Kier molecular flexibility index (Phi) is 3.94. The van der Waals surface area contributed by atoms with Gasteiger partial charge in [0, 0.05) is 12.0 Å². The lowest BCUT2D eigenvalue weighted by molar-refractivity contribution is 0.0606. The van der Waals surface area contributed by atoms with Crippen molar-refractivity contribution in [2.75, 3.05) is 14.2 Å². The molecule has 0 amide bonds. The van der Waals surface area contributed by atoms with E-state index in [1.807, 2.05) is 24.3 Å². The van der Waals surface area contributed by atoms with Crippen LogP contribution in [0.15, 0.2) is 30.5 Å². The molecule has 0 aliphatic rings. The monoisotopic (exact) mass is 263 g/mol. The fourth-order valence-corrected chi connectivity index (χ4v) is 2.46. The van der Waals surface area contributed by atoms with Crippen molar-refractivity contribution in [1.29, 1.82) is 0 Å². The van der Waals surface area contributed by atoms with Crippen LogP contribution in [0.2, 0.25) is 0 Å². The van der Waals surface area contributed by atoms with E-state index < -0.39 is 0 Å². The summed E-state index contributed by atoms with van der Waals surface area (Å²) in [6.07, 6.45) is 2.19. The zero-order valence-corrected chi connectivity index (χ0v) is 11.0. The summed E-state index contributed by atoms with van der Waals surface area (Å²) in [6, 6.07) is 7.76. The average molecular weight is 263 g/mol. The smallest absolute Gasteiger partial charge is 0.349 e. The summed E-state index contributed by atoms with van der Waals surface area (Å²) in [5.74, 6) is 0.478. The lowest BCUT2D eigenvalue weighted by Crippen LogP contribution is -1.96. The van der Waals surface area contributed by atoms with Gasteiger partial charge in [0.25, 0.3) is 0 Å². The number of benzene rings is 1. The van der Waals surface area contributed by atoms with Gasteiger partial charge < -0.3 is 9.47 Å². The van der Waals surface area contributed by atoms with Crippen molar-refractivity contribution in [2.24, 2.45) is 0 Å². The van der Waals surface area contributed by atoms with Gasteiger partial charge in [-0.2, -0.15) is 0 Å². The molecule has 0 atom stereocenters. The molecule has 0 unspecified atom stereocenters. The third kappa shape index (κ3) is 2.68. The number of carbonyl (C=O) groups is 1. The molecule has 2 rings (SSSR count). The highest BCUT2D eigenvalue weighted by Crippen LogP contribution is 2.23. The molecule has 2 aromatic rings. The molecule has 1 aromatic heterocycles. The van der Waals surface area contributed by atoms with Crippen LogP contribution in [0.4, 0.5) is 0 Å². The number of esters is 1. The summed E-state index contributed by atoms with van der Waals surface area (Å²) in [4.78, 5) is 16.1. The molecule has 0 bridgehead atoms. The molecule has 18 heavy (non-hydrogen) atoms. The first-order valence-corrected chi connectivity index (χ1v) is 6.21. The number of aromatic nitrogens is 1. The Morgan fingerprint density at radius 1 is 1.33 bits per heavy atom. The summed E-state index contributed by atoms with van der Waals surface area (Å²) in [7, 11) is 3.00. The molecule has 0 aliphatic heterocycles. The minimum absolute atomic E-state index is 0.348. The molecule has 0 saturated heterocycles. The van der Waals surface area contributed by atoms with Crippen LogP contribution in [0.3, 0.4) is 0 Å². The van der Waals surface area contributed by atoms with Crippen molar-refractivity contribution in [3.8, 4) is 5.75 Å². The molecule has 0 saturated carbocycles. The third-order valence-electron chi connectivity index (χ3n) is 2.47. The molecule has 0 radical (unpaired) electrons. The number of nitrogens with zero attached hydrogens (tertiary/aromatic N) is 1. The summed E-state index contributed by atoms with van der Waals surface area (Å²) < 4.78 is 9.93. The zero-order valence-electron chi connectivity index (χ0n) is 10.2. The largest absolute Gasteiger partial charge is 0.496 e. The molecule has 0 fully saturated rings. The highest BCUT2D eigenvalue weighted by Gasteiger charge is 2.12. The van der Waals surface area contributed by atoms with E-state index in [-0.39, 0.29) is 5.97 Å². The van der Waals surface area contributed by atoms with Crippen molar-refractivity contribution in [1.82, 2.24) is 4.98 Å². The molecule has 0 aliphatic carbocycles. The fourth-order valence-electron chi connectivity index (χ4n) is 1.60. The van der Waals surface area contributed by atoms with E-state index in [0.717, 1.165) is 16.3 Å². The molecule has 0 spiro atoms. The number of para-hydroxylation sites is 1. The Morgan fingerprint density at radius 3 is 2.83 bits per heavy atom. The van der Waals surface area contributed by atoms with E-state index in [9.17, 15) is 4.79 Å². The van der Waals surface area contributed by atoms with Crippen molar-refractivity contribution in [3.05, 3.63) is 45.9 Å². The first-order chi connectivity index (χ1) is 8.74. The Hall–Kier alpha value is -1.88. The Morgan fingerprint density at radius 2 is 2.11 bits per heavy atom. The van der Waals surface area contributed by atoms with Gasteiger partial charge >= 0.3 is 5.97 Å². The zero-order chi connectivity index (χ0) is 13.0. The maximum Gasteiger partial charge on any atom is 0.349 e. The summed E-state index contributed by atoms with van der Waals surface area (Å²) in [5.41, 5.74) is 1.05. The Bertz CT molecular complexity index is 551. The van der Waals surface area contributed by atoms with E-state index in [0.29, 0.717) is 11.3 Å².